The quantitative estimate of drug-likeness (QED) is 0.667. The van der Waals surface area contributed by atoms with E-state index in [9.17, 15) is 0 Å². The third-order valence-corrected chi connectivity index (χ3v) is 1.52. The van der Waals surface area contributed by atoms with E-state index in [4.69, 9.17) is 5.73 Å². The Morgan fingerprint density at radius 2 is 2.15 bits per heavy atom. The van der Waals surface area contributed by atoms with Gasteiger partial charge in [0, 0.05) is 13.3 Å². The van der Waals surface area contributed by atoms with Crippen molar-refractivity contribution < 1.29 is 0 Å². The van der Waals surface area contributed by atoms with E-state index >= 15 is 0 Å². The van der Waals surface area contributed by atoms with Crippen LogP contribution < -0.4 is 11.1 Å². The Morgan fingerprint density at radius 3 is 2.69 bits per heavy atom. The number of nitrogens with two attached hydrogens (primary N) is 1. The molecule has 0 bridgehead atoms. The maximum absolute atomic E-state index is 5.68. The third kappa shape index (κ3) is 1.93. The zero-order valence-electron chi connectivity index (χ0n) is 8.00. The molecule has 0 amide bonds. The molecule has 3 N–H and O–H groups in total. The van der Waals surface area contributed by atoms with Crippen LogP contribution >= 0.6 is 0 Å². The van der Waals surface area contributed by atoms with Crippen LogP contribution in [0, 0.1) is 6.92 Å². The lowest BCUT2D eigenvalue weighted by molar-refractivity contribution is 1.06. The van der Waals surface area contributed by atoms with Gasteiger partial charge in [-0.1, -0.05) is 0 Å². The van der Waals surface area contributed by atoms with Crippen molar-refractivity contribution in [3.8, 4) is 0 Å². The Kier molecular flexibility index (Phi) is 2.79. The van der Waals surface area contributed by atoms with Gasteiger partial charge in [0.05, 0.1) is 0 Å². The van der Waals surface area contributed by atoms with Crippen LogP contribution in [0.4, 0.5) is 17.3 Å². The summed E-state index contributed by atoms with van der Waals surface area (Å²) in [7, 11) is 1.77. The summed E-state index contributed by atoms with van der Waals surface area (Å²) in [4.78, 5) is 12.2. The molecule has 1 heterocycles. The average molecular weight is 179 g/mol. The molecule has 5 nitrogen and oxygen atoms in total. The fourth-order valence-corrected chi connectivity index (χ4v) is 1.02. The molecule has 5 heteroatoms. The molecule has 0 saturated heterocycles. The highest BCUT2D eigenvalue weighted by Gasteiger charge is 2.07. The van der Waals surface area contributed by atoms with Crippen LogP contribution in [0.5, 0.6) is 0 Å². The third-order valence-electron chi connectivity index (χ3n) is 1.52. The molecule has 70 valence electrons. The number of aromatic nitrogens is 2. The average Bonchev–Trinajstić information content (AvgIpc) is 2.09. The number of aryl methyl sites for hydroxylation is 1. The molecule has 0 unspecified atom stereocenters. The molecule has 13 heavy (non-hydrogen) atoms. The minimum absolute atomic E-state index is 0.398. The lowest BCUT2D eigenvalue weighted by atomic mass is 10.4. The van der Waals surface area contributed by atoms with Crippen molar-refractivity contribution in [2.24, 2.45) is 4.99 Å². The number of hydrogen-bond donors (Lipinski definition) is 2. The lowest BCUT2D eigenvalue weighted by Gasteiger charge is -2.06. The summed E-state index contributed by atoms with van der Waals surface area (Å²) >= 11 is 0. The molecule has 0 spiro atoms. The van der Waals surface area contributed by atoms with Crippen molar-refractivity contribution in [1.29, 1.82) is 0 Å². The monoisotopic (exact) mass is 179 g/mol. The van der Waals surface area contributed by atoms with Gasteiger partial charge in [0.1, 0.15) is 11.5 Å². The number of nitrogen functional groups attached to an aromatic ring is 1. The van der Waals surface area contributed by atoms with Crippen molar-refractivity contribution in [2.75, 3.05) is 18.1 Å². The van der Waals surface area contributed by atoms with Crippen LogP contribution in [0.2, 0.25) is 0 Å². The molecule has 0 aliphatic carbocycles. The van der Waals surface area contributed by atoms with Crippen LogP contribution in [-0.4, -0.2) is 23.2 Å². The van der Waals surface area contributed by atoms with Crippen LogP contribution in [0.3, 0.4) is 0 Å². The Morgan fingerprint density at radius 1 is 1.46 bits per heavy atom. The Hall–Kier alpha value is -1.65. The number of aliphatic imine (C=N–C) groups is 1. The van der Waals surface area contributed by atoms with Crippen LogP contribution in [0.15, 0.2) is 4.99 Å². The van der Waals surface area contributed by atoms with Gasteiger partial charge in [0.25, 0.3) is 0 Å². The summed E-state index contributed by atoms with van der Waals surface area (Å²) < 4.78 is 0. The van der Waals surface area contributed by atoms with Crippen LogP contribution in [-0.2, 0) is 0 Å². The first kappa shape index (κ1) is 9.44. The van der Waals surface area contributed by atoms with Gasteiger partial charge < -0.3 is 11.1 Å². The zero-order valence-corrected chi connectivity index (χ0v) is 8.00. The number of nitrogens with one attached hydrogen (secondary N) is 1. The fraction of sp³-hybridized carbons (Fsp3) is 0.375. The lowest BCUT2D eigenvalue weighted by Crippen LogP contribution is -2.01. The van der Waals surface area contributed by atoms with Crippen LogP contribution in [0.25, 0.3) is 0 Å². The molecule has 0 atom stereocenters. The van der Waals surface area contributed by atoms with Crippen LogP contribution in [0.1, 0.15) is 12.7 Å². The van der Waals surface area contributed by atoms with E-state index in [1.807, 2.05) is 6.92 Å². The van der Waals surface area contributed by atoms with Gasteiger partial charge in [-0.15, -0.1) is 0 Å². The highest BCUT2D eigenvalue weighted by atomic mass is 15.1. The maximum Gasteiger partial charge on any atom is 0.157 e. The zero-order chi connectivity index (χ0) is 9.84. The number of anilines is 2. The predicted octanol–water partition coefficient (Wildman–Crippen LogP) is 1.13. The van der Waals surface area contributed by atoms with Crippen molar-refractivity contribution in [2.45, 2.75) is 13.8 Å². The number of nitrogens with zero attached hydrogens (tertiary/aromatic N) is 3. The van der Waals surface area contributed by atoms with E-state index in [1.54, 1.807) is 20.2 Å². The Labute approximate surface area is 77.1 Å². The van der Waals surface area contributed by atoms with E-state index in [0.717, 1.165) is 0 Å². The number of rotatable bonds is 2. The largest absolute Gasteiger partial charge is 0.382 e. The first-order valence-corrected chi connectivity index (χ1v) is 3.99. The minimum Gasteiger partial charge on any atom is -0.382 e. The summed E-state index contributed by atoms with van der Waals surface area (Å²) in [6.07, 6.45) is 1.66. The topological polar surface area (TPSA) is 76.2 Å². The summed E-state index contributed by atoms with van der Waals surface area (Å²) in [5.74, 6) is 1.69. The molecule has 1 aromatic heterocycles. The summed E-state index contributed by atoms with van der Waals surface area (Å²) in [6.45, 7) is 3.61. The Bertz CT molecular complexity index is 332. The van der Waals surface area contributed by atoms with Gasteiger partial charge in [-0.25, -0.2) is 9.97 Å². The predicted molar refractivity (Wildman–Crippen MR) is 54.6 cm³/mol. The first-order valence-electron chi connectivity index (χ1n) is 3.99. The normalized spacial score (nSPS) is 10.7. The van der Waals surface area contributed by atoms with Gasteiger partial charge >= 0.3 is 0 Å². The molecule has 0 saturated carbocycles. The van der Waals surface area contributed by atoms with E-state index in [2.05, 4.69) is 20.3 Å². The highest BCUT2D eigenvalue weighted by Crippen LogP contribution is 2.27. The molecule has 1 rings (SSSR count). The molecule has 1 aromatic rings. The van der Waals surface area contributed by atoms with Crippen molar-refractivity contribution in [3.63, 3.8) is 0 Å². The molecular weight excluding hydrogens is 166 g/mol. The summed E-state index contributed by atoms with van der Waals surface area (Å²) in [5.41, 5.74) is 6.27. The summed E-state index contributed by atoms with van der Waals surface area (Å²) in [6, 6.07) is 0. The van der Waals surface area contributed by atoms with Gasteiger partial charge in [0.15, 0.2) is 11.6 Å². The molecular formula is C8H13N5. The standard InChI is InChI=1S/C8H13N5/c1-4-11-6-7(9)12-5(2)13-8(6)10-3/h4H,1-3H3,(H3,9,10,12,13). The smallest absolute Gasteiger partial charge is 0.157 e. The molecule has 0 aliphatic heterocycles. The molecule has 0 radical (unpaired) electrons. The molecule has 0 fully saturated rings. The van der Waals surface area contributed by atoms with Crippen molar-refractivity contribution in [1.82, 2.24) is 9.97 Å². The first-order chi connectivity index (χ1) is 6.19. The van der Waals surface area contributed by atoms with E-state index < -0.39 is 0 Å². The van der Waals surface area contributed by atoms with E-state index in [1.165, 1.54) is 0 Å². The second-order valence-corrected chi connectivity index (χ2v) is 2.49. The van der Waals surface area contributed by atoms with E-state index in [-0.39, 0.29) is 0 Å². The number of hydrogen-bond acceptors (Lipinski definition) is 5. The fourth-order valence-electron chi connectivity index (χ4n) is 1.02. The summed E-state index contributed by atoms with van der Waals surface area (Å²) in [5, 5.41) is 2.92. The van der Waals surface area contributed by atoms with Crippen molar-refractivity contribution >= 4 is 23.5 Å². The second kappa shape index (κ2) is 3.84. The molecule has 0 aliphatic rings. The molecule has 0 aromatic carbocycles. The highest BCUT2D eigenvalue weighted by molar-refractivity contribution is 5.76. The van der Waals surface area contributed by atoms with Gasteiger partial charge in [0.2, 0.25) is 0 Å². The van der Waals surface area contributed by atoms with Gasteiger partial charge in [-0.3, -0.25) is 4.99 Å². The van der Waals surface area contributed by atoms with Gasteiger partial charge in [-0.2, -0.15) is 0 Å². The second-order valence-electron chi connectivity index (χ2n) is 2.49. The Balaban J connectivity index is 3.29. The maximum atomic E-state index is 5.68. The van der Waals surface area contributed by atoms with Gasteiger partial charge in [-0.05, 0) is 13.8 Å². The van der Waals surface area contributed by atoms with E-state index in [0.29, 0.717) is 23.1 Å². The SMILES string of the molecule is CC=Nc1c(N)nc(C)nc1NC. The minimum atomic E-state index is 0.398. The van der Waals surface area contributed by atoms with Crippen molar-refractivity contribution in [3.05, 3.63) is 5.82 Å².